The molecule has 4 nitrogen and oxygen atoms in total. The maximum atomic E-state index is 12.2. The predicted molar refractivity (Wildman–Crippen MR) is 84.3 cm³/mol. The SMILES string of the molecule is COC1=C[C@@H]2[C@@H](c3ccccc3)C=C3C(=O)OC[C@]32C=C1OC. The molecule has 2 aliphatic carbocycles. The summed E-state index contributed by atoms with van der Waals surface area (Å²) in [6.45, 7) is 0.353. The number of rotatable bonds is 3. The number of esters is 1. The van der Waals surface area contributed by atoms with E-state index in [9.17, 15) is 4.79 Å². The lowest BCUT2D eigenvalue weighted by Gasteiger charge is -2.34. The maximum Gasteiger partial charge on any atom is 0.334 e. The molecule has 3 aliphatic rings. The Bertz CT molecular complexity index is 744. The zero-order chi connectivity index (χ0) is 16.0. The van der Waals surface area contributed by atoms with Gasteiger partial charge in [0.05, 0.1) is 19.6 Å². The lowest BCUT2D eigenvalue weighted by molar-refractivity contribution is -0.135. The highest BCUT2D eigenvalue weighted by atomic mass is 16.5. The van der Waals surface area contributed by atoms with Gasteiger partial charge in [-0.2, -0.15) is 0 Å². The van der Waals surface area contributed by atoms with Gasteiger partial charge in [0.25, 0.3) is 0 Å². The molecular weight excluding hydrogens is 292 g/mol. The summed E-state index contributed by atoms with van der Waals surface area (Å²) in [5.41, 5.74) is 1.47. The van der Waals surface area contributed by atoms with Crippen LogP contribution in [-0.2, 0) is 19.0 Å². The normalized spacial score (nSPS) is 31.4. The summed E-state index contributed by atoms with van der Waals surface area (Å²) in [5.74, 6) is 1.34. The van der Waals surface area contributed by atoms with Crippen LogP contribution < -0.4 is 0 Å². The molecule has 1 fully saturated rings. The minimum absolute atomic E-state index is 0.0835. The topological polar surface area (TPSA) is 44.8 Å². The first-order chi connectivity index (χ1) is 11.2. The molecule has 4 rings (SSSR count). The highest BCUT2D eigenvalue weighted by Crippen LogP contribution is 2.58. The number of allylic oxidation sites excluding steroid dienone is 2. The summed E-state index contributed by atoms with van der Waals surface area (Å²) in [7, 11) is 3.24. The molecule has 0 unspecified atom stereocenters. The van der Waals surface area contributed by atoms with E-state index in [1.165, 1.54) is 5.56 Å². The average Bonchev–Trinajstić information content (AvgIpc) is 3.08. The fraction of sp³-hybridized carbons (Fsp3) is 0.316. The number of ether oxygens (including phenoxy) is 3. The maximum absolute atomic E-state index is 12.2. The first kappa shape index (κ1) is 14.1. The van der Waals surface area contributed by atoms with Gasteiger partial charge in [-0.15, -0.1) is 0 Å². The van der Waals surface area contributed by atoms with Crippen LogP contribution in [-0.4, -0.2) is 26.8 Å². The first-order valence-corrected chi connectivity index (χ1v) is 7.67. The van der Waals surface area contributed by atoms with E-state index >= 15 is 0 Å². The molecule has 0 amide bonds. The molecule has 1 aliphatic heterocycles. The molecule has 118 valence electrons. The molecule has 0 aromatic heterocycles. The molecule has 1 saturated heterocycles. The summed E-state index contributed by atoms with van der Waals surface area (Å²) in [5, 5.41) is 0. The van der Waals surface area contributed by atoms with Gasteiger partial charge in [0.1, 0.15) is 6.61 Å². The Morgan fingerprint density at radius 1 is 1.09 bits per heavy atom. The fourth-order valence-corrected chi connectivity index (χ4v) is 3.96. The summed E-state index contributed by atoms with van der Waals surface area (Å²) in [6, 6.07) is 10.2. The number of cyclic esters (lactones) is 1. The number of benzene rings is 1. The third-order valence-corrected chi connectivity index (χ3v) is 5.08. The van der Waals surface area contributed by atoms with Crippen molar-refractivity contribution in [1.29, 1.82) is 0 Å². The van der Waals surface area contributed by atoms with Crippen LogP contribution in [0, 0.1) is 11.3 Å². The van der Waals surface area contributed by atoms with Crippen LogP contribution in [0.1, 0.15) is 11.5 Å². The minimum Gasteiger partial charge on any atom is -0.493 e. The second-order valence-corrected chi connectivity index (χ2v) is 6.11. The number of carbonyl (C=O) groups excluding carboxylic acids is 1. The van der Waals surface area contributed by atoms with Crippen LogP contribution >= 0.6 is 0 Å². The van der Waals surface area contributed by atoms with E-state index in [2.05, 4.69) is 18.2 Å². The minimum atomic E-state index is -0.453. The van der Waals surface area contributed by atoms with E-state index < -0.39 is 5.41 Å². The summed E-state index contributed by atoms with van der Waals surface area (Å²) >= 11 is 0. The second-order valence-electron chi connectivity index (χ2n) is 6.11. The van der Waals surface area contributed by atoms with Crippen LogP contribution in [0.25, 0.3) is 0 Å². The Balaban J connectivity index is 1.87. The van der Waals surface area contributed by atoms with Gasteiger partial charge >= 0.3 is 5.97 Å². The molecule has 4 heteroatoms. The van der Waals surface area contributed by atoms with E-state index in [4.69, 9.17) is 14.2 Å². The van der Waals surface area contributed by atoms with Crippen molar-refractivity contribution in [1.82, 2.24) is 0 Å². The Hall–Kier alpha value is -2.49. The molecular formula is C19H18O4. The standard InChI is InChI=1S/C19H18O4/c1-21-16-9-14-13(12-6-4-3-5-7-12)8-15-18(20)23-11-19(14,15)10-17(16)22-2/h3-10,13-14H,11H2,1-2H3/t13-,14-,19+/m1/s1. The van der Waals surface area contributed by atoms with Gasteiger partial charge in [-0.05, 0) is 17.7 Å². The van der Waals surface area contributed by atoms with Gasteiger partial charge in [0.15, 0.2) is 11.5 Å². The monoisotopic (exact) mass is 310 g/mol. The van der Waals surface area contributed by atoms with Gasteiger partial charge in [-0.3, -0.25) is 0 Å². The van der Waals surface area contributed by atoms with Crippen LogP contribution in [0.3, 0.4) is 0 Å². The van der Waals surface area contributed by atoms with Gasteiger partial charge in [-0.25, -0.2) is 4.79 Å². The lowest BCUT2D eigenvalue weighted by atomic mass is 9.69. The van der Waals surface area contributed by atoms with Crippen molar-refractivity contribution >= 4 is 5.97 Å². The van der Waals surface area contributed by atoms with Crippen LogP contribution in [0.5, 0.6) is 0 Å². The van der Waals surface area contributed by atoms with Gasteiger partial charge in [-0.1, -0.05) is 36.4 Å². The molecule has 0 saturated carbocycles. The van der Waals surface area contributed by atoms with Crippen molar-refractivity contribution in [2.24, 2.45) is 11.3 Å². The Morgan fingerprint density at radius 2 is 1.83 bits per heavy atom. The number of carbonyl (C=O) groups is 1. The van der Waals surface area contributed by atoms with E-state index in [-0.39, 0.29) is 17.8 Å². The molecule has 23 heavy (non-hydrogen) atoms. The molecule has 0 N–H and O–H groups in total. The van der Waals surface area contributed by atoms with Gasteiger partial charge in [0.2, 0.25) is 0 Å². The zero-order valence-corrected chi connectivity index (χ0v) is 13.1. The molecule has 1 heterocycles. The Morgan fingerprint density at radius 3 is 2.52 bits per heavy atom. The van der Waals surface area contributed by atoms with Gasteiger partial charge in [0, 0.05) is 17.4 Å². The third-order valence-electron chi connectivity index (χ3n) is 5.08. The van der Waals surface area contributed by atoms with Crippen LogP contribution in [0.4, 0.5) is 0 Å². The van der Waals surface area contributed by atoms with E-state index in [1.54, 1.807) is 14.2 Å². The summed E-state index contributed by atoms with van der Waals surface area (Å²) < 4.78 is 16.3. The second kappa shape index (κ2) is 5.01. The quantitative estimate of drug-likeness (QED) is 0.805. The smallest absolute Gasteiger partial charge is 0.334 e. The molecule has 0 radical (unpaired) electrons. The van der Waals surface area contributed by atoms with E-state index in [0.29, 0.717) is 18.1 Å². The largest absolute Gasteiger partial charge is 0.493 e. The van der Waals surface area contributed by atoms with Crippen molar-refractivity contribution < 1.29 is 19.0 Å². The van der Waals surface area contributed by atoms with Gasteiger partial charge < -0.3 is 14.2 Å². The van der Waals surface area contributed by atoms with E-state index in [1.807, 2.05) is 30.4 Å². The van der Waals surface area contributed by atoms with Crippen molar-refractivity contribution in [3.63, 3.8) is 0 Å². The Labute approximate surface area is 135 Å². The van der Waals surface area contributed by atoms with Crippen molar-refractivity contribution in [3.05, 3.63) is 71.2 Å². The number of hydrogen-bond acceptors (Lipinski definition) is 4. The predicted octanol–water partition coefficient (Wildman–Crippen LogP) is 2.94. The molecule has 1 aromatic carbocycles. The number of methoxy groups -OCH3 is 2. The van der Waals surface area contributed by atoms with Crippen molar-refractivity contribution in [2.75, 3.05) is 20.8 Å². The fourth-order valence-electron chi connectivity index (χ4n) is 3.96. The lowest BCUT2D eigenvalue weighted by Crippen LogP contribution is -2.32. The molecule has 1 aromatic rings. The average molecular weight is 310 g/mol. The van der Waals surface area contributed by atoms with Crippen LogP contribution in [0.2, 0.25) is 0 Å². The number of hydrogen-bond donors (Lipinski definition) is 0. The zero-order valence-electron chi connectivity index (χ0n) is 13.1. The highest BCUT2D eigenvalue weighted by molar-refractivity contribution is 5.94. The van der Waals surface area contributed by atoms with Crippen LogP contribution in [0.15, 0.2) is 65.7 Å². The molecule has 3 atom stereocenters. The first-order valence-electron chi connectivity index (χ1n) is 7.67. The van der Waals surface area contributed by atoms with Crippen molar-refractivity contribution in [2.45, 2.75) is 5.92 Å². The van der Waals surface area contributed by atoms with E-state index in [0.717, 1.165) is 5.57 Å². The summed E-state index contributed by atoms with van der Waals surface area (Å²) in [4.78, 5) is 12.2. The molecule has 0 bridgehead atoms. The Kier molecular flexibility index (Phi) is 3.08. The third kappa shape index (κ3) is 1.87. The van der Waals surface area contributed by atoms with Crippen molar-refractivity contribution in [3.8, 4) is 0 Å². The summed E-state index contributed by atoms with van der Waals surface area (Å²) in [6.07, 6.45) is 6.12. The highest BCUT2D eigenvalue weighted by Gasteiger charge is 2.57. The molecule has 1 spiro atoms.